The molecule has 1 aromatic heterocycles. The Morgan fingerprint density at radius 3 is 3.07 bits per heavy atom. The number of nitrogens with zero attached hydrogens (tertiary/aromatic N) is 1. The zero-order valence-electron chi connectivity index (χ0n) is 7.57. The van der Waals surface area contributed by atoms with Crippen LogP contribution < -0.4 is 4.74 Å². The van der Waals surface area contributed by atoms with E-state index in [-0.39, 0.29) is 11.4 Å². The number of hydrogen-bond donors (Lipinski definition) is 1. The predicted molar refractivity (Wildman–Crippen MR) is 60.2 cm³/mol. The first-order chi connectivity index (χ1) is 7.24. The summed E-state index contributed by atoms with van der Waals surface area (Å²) >= 11 is 8.09. The molecule has 0 radical (unpaired) electrons. The second-order valence-corrected chi connectivity index (χ2v) is 4.04. The second-order valence-electron chi connectivity index (χ2n) is 2.75. The summed E-state index contributed by atoms with van der Waals surface area (Å²) in [6, 6.07) is 7.53. The van der Waals surface area contributed by atoms with E-state index >= 15 is 0 Å². The van der Waals surface area contributed by atoms with Gasteiger partial charge in [0.05, 0.1) is 0 Å². The smallest absolute Gasteiger partial charge is 0.284 e. The fraction of sp³-hybridized carbons (Fsp3) is 0.111. The number of benzene rings is 1. The normalized spacial score (nSPS) is 10.2. The minimum absolute atomic E-state index is 0.253. The lowest BCUT2D eigenvalue weighted by Crippen LogP contribution is -1.95. The lowest BCUT2D eigenvalue weighted by atomic mass is 10.3. The highest BCUT2D eigenvalue weighted by Gasteiger charge is 2.01. The van der Waals surface area contributed by atoms with E-state index in [4.69, 9.17) is 21.4 Å². The van der Waals surface area contributed by atoms with Gasteiger partial charge in [-0.25, -0.2) is 5.10 Å². The van der Waals surface area contributed by atoms with Crippen LogP contribution in [0.4, 0.5) is 0 Å². The van der Waals surface area contributed by atoms with Crippen molar-refractivity contribution < 1.29 is 9.15 Å². The maximum absolute atomic E-state index is 5.43. The lowest BCUT2D eigenvalue weighted by Gasteiger charge is -2.02. The molecule has 4 nitrogen and oxygen atoms in total. The third-order valence-corrected chi connectivity index (χ3v) is 2.31. The molecule has 0 aliphatic carbocycles. The standard InChI is InChI=1S/C9H7BrN2O2S/c10-6-2-1-3-7(4-6)13-5-8-11-12-9(15)14-8/h1-4H,5H2,(H,12,15). The van der Waals surface area contributed by atoms with E-state index in [1.165, 1.54) is 0 Å². The van der Waals surface area contributed by atoms with Gasteiger partial charge in [-0.15, -0.1) is 5.10 Å². The summed E-state index contributed by atoms with van der Waals surface area (Å²) in [5, 5.41) is 6.35. The first-order valence-corrected chi connectivity index (χ1v) is 5.37. The van der Waals surface area contributed by atoms with Crippen molar-refractivity contribution in [3.8, 4) is 5.75 Å². The molecule has 1 aromatic carbocycles. The van der Waals surface area contributed by atoms with Crippen LogP contribution in [0.5, 0.6) is 5.75 Å². The fourth-order valence-corrected chi connectivity index (χ4v) is 1.54. The molecule has 2 rings (SSSR count). The monoisotopic (exact) mass is 286 g/mol. The van der Waals surface area contributed by atoms with Crippen molar-refractivity contribution >= 4 is 28.1 Å². The Balaban J connectivity index is 2.02. The van der Waals surface area contributed by atoms with Crippen LogP contribution in [0, 0.1) is 4.84 Å². The van der Waals surface area contributed by atoms with Crippen molar-refractivity contribution in [1.82, 2.24) is 10.2 Å². The van der Waals surface area contributed by atoms with E-state index in [2.05, 4.69) is 26.1 Å². The summed E-state index contributed by atoms with van der Waals surface area (Å²) in [7, 11) is 0. The van der Waals surface area contributed by atoms with Crippen molar-refractivity contribution in [2.75, 3.05) is 0 Å². The van der Waals surface area contributed by atoms with Crippen molar-refractivity contribution in [3.05, 3.63) is 39.5 Å². The van der Waals surface area contributed by atoms with Gasteiger partial charge in [0, 0.05) is 4.47 Å². The Morgan fingerprint density at radius 2 is 2.40 bits per heavy atom. The highest BCUT2D eigenvalue weighted by Crippen LogP contribution is 2.18. The molecule has 1 N–H and O–H groups in total. The first kappa shape index (κ1) is 10.4. The molecule has 0 atom stereocenters. The Bertz CT molecular complexity index is 509. The minimum Gasteiger partial charge on any atom is -0.484 e. The van der Waals surface area contributed by atoms with Crippen molar-refractivity contribution in [2.45, 2.75) is 6.61 Å². The molecule has 0 spiro atoms. The molecule has 0 amide bonds. The highest BCUT2D eigenvalue weighted by molar-refractivity contribution is 9.10. The molecule has 2 aromatic rings. The number of hydrogen-bond acceptors (Lipinski definition) is 4. The molecule has 1 heterocycles. The van der Waals surface area contributed by atoms with Gasteiger partial charge in [0.25, 0.3) is 10.7 Å². The summed E-state index contributed by atoms with van der Waals surface area (Å²) in [4.78, 5) is 0.253. The SMILES string of the molecule is S=c1[nH]nc(COc2cccc(Br)c2)o1. The molecule has 0 bridgehead atoms. The Hall–Kier alpha value is -1.14. The fourth-order valence-electron chi connectivity index (χ4n) is 1.02. The molecule has 0 saturated heterocycles. The van der Waals surface area contributed by atoms with Crippen LogP contribution >= 0.6 is 28.1 Å². The second kappa shape index (κ2) is 4.59. The molecule has 0 unspecified atom stereocenters. The molecular formula is C9H7BrN2O2S. The number of halogens is 1. The highest BCUT2D eigenvalue weighted by atomic mass is 79.9. The van der Waals surface area contributed by atoms with Gasteiger partial charge in [-0.05, 0) is 30.4 Å². The summed E-state index contributed by atoms with van der Waals surface area (Å²) in [5.41, 5.74) is 0. The quantitative estimate of drug-likeness (QED) is 0.881. The van der Waals surface area contributed by atoms with Crippen molar-refractivity contribution in [1.29, 1.82) is 0 Å². The Labute approximate surface area is 99.4 Å². The van der Waals surface area contributed by atoms with Gasteiger partial charge in [-0.2, -0.15) is 0 Å². The average Bonchev–Trinajstić information content (AvgIpc) is 2.62. The molecule has 6 heteroatoms. The van der Waals surface area contributed by atoms with Crippen LogP contribution in [0.25, 0.3) is 0 Å². The predicted octanol–water partition coefficient (Wildman–Crippen LogP) is 3.07. The van der Waals surface area contributed by atoms with Crippen LogP contribution in [0.15, 0.2) is 33.2 Å². The zero-order chi connectivity index (χ0) is 10.7. The van der Waals surface area contributed by atoms with E-state index in [9.17, 15) is 0 Å². The first-order valence-electron chi connectivity index (χ1n) is 4.17. The van der Waals surface area contributed by atoms with E-state index in [1.807, 2.05) is 24.3 Å². The largest absolute Gasteiger partial charge is 0.484 e. The van der Waals surface area contributed by atoms with E-state index in [0.717, 1.165) is 10.2 Å². The van der Waals surface area contributed by atoms with Crippen LogP contribution in [-0.2, 0) is 6.61 Å². The van der Waals surface area contributed by atoms with E-state index in [0.29, 0.717) is 5.89 Å². The van der Waals surface area contributed by atoms with Crippen LogP contribution in [0.2, 0.25) is 0 Å². The number of nitrogens with one attached hydrogen (secondary N) is 1. The summed E-state index contributed by atoms with van der Waals surface area (Å²) in [5.74, 6) is 1.17. The minimum atomic E-state index is 0.253. The number of ether oxygens (including phenoxy) is 1. The maximum Gasteiger partial charge on any atom is 0.284 e. The van der Waals surface area contributed by atoms with E-state index < -0.39 is 0 Å². The molecule has 15 heavy (non-hydrogen) atoms. The molecule has 0 aliphatic heterocycles. The lowest BCUT2D eigenvalue weighted by molar-refractivity contribution is 0.261. The molecule has 0 aliphatic rings. The van der Waals surface area contributed by atoms with Gasteiger partial charge in [-0.1, -0.05) is 22.0 Å². The van der Waals surface area contributed by atoms with Crippen molar-refractivity contribution in [3.63, 3.8) is 0 Å². The van der Waals surface area contributed by atoms with Crippen LogP contribution in [0.3, 0.4) is 0 Å². The number of H-pyrrole nitrogens is 1. The molecule has 0 fully saturated rings. The summed E-state index contributed by atoms with van der Waals surface area (Å²) < 4.78 is 11.4. The van der Waals surface area contributed by atoms with Crippen LogP contribution in [-0.4, -0.2) is 10.2 Å². The van der Waals surface area contributed by atoms with Gasteiger partial charge >= 0.3 is 0 Å². The third kappa shape index (κ3) is 2.90. The maximum atomic E-state index is 5.43. The van der Waals surface area contributed by atoms with Gasteiger partial charge in [-0.3, -0.25) is 0 Å². The van der Waals surface area contributed by atoms with Gasteiger partial charge in [0.2, 0.25) is 0 Å². The average molecular weight is 287 g/mol. The van der Waals surface area contributed by atoms with E-state index in [1.54, 1.807) is 0 Å². The third-order valence-electron chi connectivity index (χ3n) is 1.64. The summed E-state index contributed by atoms with van der Waals surface area (Å²) in [6.45, 7) is 0.254. The zero-order valence-corrected chi connectivity index (χ0v) is 9.97. The number of rotatable bonds is 3. The molecular weight excluding hydrogens is 280 g/mol. The Morgan fingerprint density at radius 1 is 1.53 bits per heavy atom. The molecule has 78 valence electrons. The Kier molecular flexibility index (Phi) is 3.17. The van der Waals surface area contributed by atoms with Crippen LogP contribution in [0.1, 0.15) is 5.89 Å². The number of aromatic nitrogens is 2. The van der Waals surface area contributed by atoms with Gasteiger partial charge in [0.1, 0.15) is 5.75 Å². The molecule has 0 saturated carbocycles. The van der Waals surface area contributed by atoms with Gasteiger partial charge < -0.3 is 9.15 Å². The van der Waals surface area contributed by atoms with Gasteiger partial charge in [0.15, 0.2) is 6.61 Å². The number of aromatic amines is 1. The van der Waals surface area contributed by atoms with Crippen molar-refractivity contribution in [2.24, 2.45) is 0 Å². The summed E-state index contributed by atoms with van der Waals surface area (Å²) in [6.07, 6.45) is 0. The topological polar surface area (TPSA) is 51.0 Å².